The van der Waals surface area contributed by atoms with Crippen molar-refractivity contribution in [1.29, 1.82) is 0 Å². The van der Waals surface area contributed by atoms with Gasteiger partial charge in [0.1, 0.15) is 0 Å². The standard InChI is InChI=1S/C15H24N2O/c1-12-14(4-2-5-15(12)16)10-17-8-3-9-18-11-13-6-7-13/h2,4-5,13,17H,3,6-11,16H2,1H3. The zero-order chi connectivity index (χ0) is 12.8. The van der Waals surface area contributed by atoms with Gasteiger partial charge < -0.3 is 15.8 Å². The summed E-state index contributed by atoms with van der Waals surface area (Å²) in [5.41, 5.74) is 9.23. The maximum atomic E-state index is 5.88. The predicted molar refractivity (Wildman–Crippen MR) is 75.5 cm³/mol. The van der Waals surface area contributed by atoms with Crippen molar-refractivity contribution in [3.8, 4) is 0 Å². The minimum atomic E-state index is 0.868. The fraction of sp³-hybridized carbons (Fsp3) is 0.600. The lowest BCUT2D eigenvalue weighted by molar-refractivity contribution is 0.122. The van der Waals surface area contributed by atoms with Crippen LogP contribution in [0.4, 0.5) is 5.69 Å². The largest absolute Gasteiger partial charge is 0.399 e. The second kappa shape index (κ2) is 6.76. The lowest BCUT2D eigenvalue weighted by Gasteiger charge is -2.09. The van der Waals surface area contributed by atoms with Crippen molar-refractivity contribution in [2.75, 3.05) is 25.5 Å². The molecule has 0 heterocycles. The lowest BCUT2D eigenvalue weighted by atomic mass is 10.1. The molecule has 1 aliphatic carbocycles. The van der Waals surface area contributed by atoms with Gasteiger partial charge in [-0.25, -0.2) is 0 Å². The first kappa shape index (κ1) is 13.4. The van der Waals surface area contributed by atoms with E-state index < -0.39 is 0 Å². The molecule has 1 saturated carbocycles. The first-order valence-corrected chi connectivity index (χ1v) is 6.90. The van der Waals surface area contributed by atoms with Crippen LogP contribution in [-0.4, -0.2) is 19.8 Å². The lowest BCUT2D eigenvalue weighted by Crippen LogP contribution is -2.17. The van der Waals surface area contributed by atoms with E-state index in [-0.39, 0.29) is 0 Å². The first-order valence-electron chi connectivity index (χ1n) is 6.90. The van der Waals surface area contributed by atoms with Crippen molar-refractivity contribution < 1.29 is 4.74 Å². The number of ether oxygens (including phenoxy) is 1. The first-order chi connectivity index (χ1) is 8.77. The summed E-state index contributed by atoms with van der Waals surface area (Å²) in [6, 6.07) is 6.09. The number of nitrogen functional groups attached to an aromatic ring is 1. The van der Waals surface area contributed by atoms with Gasteiger partial charge in [0.2, 0.25) is 0 Å². The number of rotatable bonds is 8. The van der Waals surface area contributed by atoms with E-state index in [1.54, 1.807) is 0 Å². The van der Waals surface area contributed by atoms with Gasteiger partial charge in [0.05, 0.1) is 0 Å². The molecular weight excluding hydrogens is 224 g/mol. The third-order valence-electron chi connectivity index (χ3n) is 3.50. The van der Waals surface area contributed by atoms with Crippen molar-refractivity contribution in [2.24, 2.45) is 5.92 Å². The molecule has 3 N–H and O–H groups in total. The van der Waals surface area contributed by atoms with Gasteiger partial charge in [-0.05, 0) is 55.8 Å². The summed E-state index contributed by atoms with van der Waals surface area (Å²) in [5, 5.41) is 3.44. The average Bonchev–Trinajstić information content (AvgIpc) is 3.17. The van der Waals surface area contributed by atoms with E-state index in [0.29, 0.717) is 0 Å². The molecule has 0 unspecified atom stereocenters. The Hall–Kier alpha value is -1.06. The van der Waals surface area contributed by atoms with Crippen LogP contribution in [-0.2, 0) is 11.3 Å². The summed E-state index contributed by atoms with van der Waals surface area (Å²) in [6.07, 6.45) is 3.81. The molecule has 0 bridgehead atoms. The van der Waals surface area contributed by atoms with E-state index in [9.17, 15) is 0 Å². The average molecular weight is 248 g/mol. The second-order valence-electron chi connectivity index (χ2n) is 5.18. The highest BCUT2D eigenvalue weighted by atomic mass is 16.5. The highest BCUT2D eigenvalue weighted by molar-refractivity contribution is 5.49. The fourth-order valence-electron chi connectivity index (χ4n) is 1.95. The molecule has 0 radical (unpaired) electrons. The SMILES string of the molecule is Cc1c(N)cccc1CNCCCOCC1CC1. The highest BCUT2D eigenvalue weighted by Crippen LogP contribution is 2.28. The topological polar surface area (TPSA) is 47.3 Å². The Balaban J connectivity index is 1.55. The molecule has 0 saturated heterocycles. The number of benzene rings is 1. The van der Waals surface area contributed by atoms with Crippen LogP contribution in [0.25, 0.3) is 0 Å². The van der Waals surface area contributed by atoms with Gasteiger partial charge in [0.25, 0.3) is 0 Å². The predicted octanol–water partition coefficient (Wildman–Crippen LogP) is 2.48. The molecule has 0 aliphatic heterocycles. The molecule has 3 heteroatoms. The van der Waals surface area contributed by atoms with Gasteiger partial charge >= 0.3 is 0 Å². The summed E-state index contributed by atoms with van der Waals surface area (Å²) < 4.78 is 5.59. The Labute approximate surface area is 110 Å². The number of nitrogens with one attached hydrogen (secondary N) is 1. The maximum Gasteiger partial charge on any atom is 0.0494 e. The van der Waals surface area contributed by atoms with Crippen LogP contribution in [0.5, 0.6) is 0 Å². The van der Waals surface area contributed by atoms with Gasteiger partial charge in [-0.3, -0.25) is 0 Å². The smallest absolute Gasteiger partial charge is 0.0494 e. The highest BCUT2D eigenvalue weighted by Gasteiger charge is 2.20. The molecule has 0 aromatic heterocycles. The molecule has 1 aliphatic rings. The molecular formula is C15H24N2O. The molecule has 18 heavy (non-hydrogen) atoms. The zero-order valence-electron chi connectivity index (χ0n) is 11.2. The van der Waals surface area contributed by atoms with E-state index in [1.807, 2.05) is 12.1 Å². The summed E-state index contributed by atoms with van der Waals surface area (Å²) in [5.74, 6) is 0.868. The Kier molecular flexibility index (Phi) is 5.02. The van der Waals surface area contributed by atoms with E-state index >= 15 is 0 Å². The van der Waals surface area contributed by atoms with Crippen molar-refractivity contribution in [3.05, 3.63) is 29.3 Å². The Morgan fingerprint density at radius 3 is 3.00 bits per heavy atom. The van der Waals surface area contributed by atoms with E-state index in [1.165, 1.54) is 24.0 Å². The van der Waals surface area contributed by atoms with Crippen LogP contribution < -0.4 is 11.1 Å². The minimum Gasteiger partial charge on any atom is -0.399 e. The van der Waals surface area contributed by atoms with E-state index in [2.05, 4.69) is 18.3 Å². The van der Waals surface area contributed by atoms with E-state index in [0.717, 1.165) is 44.3 Å². The summed E-state index contributed by atoms with van der Waals surface area (Å²) in [4.78, 5) is 0. The van der Waals surface area contributed by atoms with E-state index in [4.69, 9.17) is 10.5 Å². The van der Waals surface area contributed by atoms with Crippen molar-refractivity contribution in [2.45, 2.75) is 32.7 Å². The summed E-state index contributed by atoms with van der Waals surface area (Å²) in [7, 11) is 0. The Bertz CT molecular complexity index is 375. The Morgan fingerprint density at radius 2 is 2.22 bits per heavy atom. The van der Waals surface area contributed by atoms with Crippen LogP contribution in [0.15, 0.2) is 18.2 Å². The number of nitrogens with two attached hydrogens (primary N) is 1. The van der Waals surface area contributed by atoms with Crippen molar-refractivity contribution >= 4 is 5.69 Å². The van der Waals surface area contributed by atoms with Crippen molar-refractivity contribution in [1.82, 2.24) is 5.32 Å². The number of hydrogen-bond donors (Lipinski definition) is 2. The molecule has 0 spiro atoms. The van der Waals surface area contributed by atoms with Gasteiger partial charge in [0.15, 0.2) is 0 Å². The molecule has 100 valence electrons. The molecule has 0 atom stereocenters. The van der Waals surface area contributed by atoms with Gasteiger partial charge in [-0.15, -0.1) is 0 Å². The quantitative estimate of drug-likeness (QED) is 0.549. The van der Waals surface area contributed by atoms with Crippen LogP contribution >= 0.6 is 0 Å². The van der Waals surface area contributed by atoms with Gasteiger partial charge in [-0.1, -0.05) is 12.1 Å². The van der Waals surface area contributed by atoms with Crippen LogP contribution in [0.3, 0.4) is 0 Å². The number of anilines is 1. The maximum absolute atomic E-state index is 5.88. The third kappa shape index (κ3) is 4.31. The molecule has 1 fully saturated rings. The Morgan fingerprint density at radius 1 is 1.39 bits per heavy atom. The summed E-state index contributed by atoms with van der Waals surface area (Å²) in [6.45, 7) is 5.80. The van der Waals surface area contributed by atoms with Gasteiger partial charge in [-0.2, -0.15) is 0 Å². The number of hydrogen-bond acceptors (Lipinski definition) is 3. The minimum absolute atomic E-state index is 0.868. The molecule has 3 nitrogen and oxygen atoms in total. The molecule has 1 aromatic rings. The monoisotopic (exact) mass is 248 g/mol. The van der Waals surface area contributed by atoms with Crippen LogP contribution in [0, 0.1) is 12.8 Å². The normalized spacial score (nSPS) is 14.9. The third-order valence-corrected chi connectivity index (χ3v) is 3.50. The van der Waals surface area contributed by atoms with Crippen LogP contribution in [0.2, 0.25) is 0 Å². The van der Waals surface area contributed by atoms with Crippen molar-refractivity contribution in [3.63, 3.8) is 0 Å². The van der Waals surface area contributed by atoms with Gasteiger partial charge in [0, 0.05) is 25.4 Å². The molecule has 2 rings (SSSR count). The fourth-order valence-corrected chi connectivity index (χ4v) is 1.95. The summed E-state index contributed by atoms with van der Waals surface area (Å²) >= 11 is 0. The molecule has 0 amide bonds. The zero-order valence-corrected chi connectivity index (χ0v) is 11.2. The van der Waals surface area contributed by atoms with Crippen LogP contribution in [0.1, 0.15) is 30.4 Å². The second-order valence-corrected chi connectivity index (χ2v) is 5.18. The molecule has 1 aromatic carbocycles.